The largest absolute Gasteiger partial charge is 0.455 e. The van der Waals surface area contributed by atoms with Crippen LogP contribution in [-0.4, -0.2) is 120 Å². The molecule has 3 aliphatic heterocycles. The van der Waals surface area contributed by atoms with E-state index in [4.69, 9.17) is 23.7 Å². The van der Waals surface area contributed by atoms with Crippen LogP contribution < -0.4 is 5.32 Å². The number of ketones is 2. The number of amides is 1. The fourth-order valence-electron chi connectivity index (χ4n) is 8.76. The van der Waals surface area contributed by atoms with Crippen molar-refractivity contribution in [3.63, 3.8) is 0 Å². The normalized spacial score (nSPS) is 38.5. The summed E-state index contributed by atoms with van der Waals surface area (Å²) in [5, 5.41) is 15.0. The topological polar surface area (TPSA) is 163 Å². The number of esters is 1. The van der Waals surface area contributed by atoms with E-state index in [-0.39, 0.29) is 24.3 Å². The summed E-state index contributed by atoms with van der Waals surface area (Å²) < 4.78 is 48.0. The number of benzene rings is 1. The smallest absolute Gasteiger partial charge is 0.408 e. The minimum Gasteiger partial charge on any atom is -0.455 e. The summed E-state index contributed by atoms with van der Waals surface area (Å²) in [5.74, 6) is -1.40. The van der Waals surface area contributed by atoms with Crippen LogP contribution in [0.2, 0.25) is 0 Å². The highest BCUT2D eigenvalue weighted by Crippen LogP contribution is 2.40. The number of Topliss-reactive ketones (excluding diaryl/α,β-unsaturated/α-hetero) is 2. The number of nitrogens with zero attached hydrogens (tertiary/aromatic N) is 2. The standard InChI is InChI=1S/C42H56FN3O10/c1-11-31-41(7)36(45-40(51)56-41)24(4)32(47)23(3)34(52-10)25(5)35(55-38-33(48)30(46(8)9)19-22(2)53-38)26(6)37(49)42(43,39(50)54-31)18-14-15-27-20-28-16-12-13-17-29(28)44-21-27/h12-13,16-17,20-26,30-31,33-36,38,48H,11,18-19H2,1-10H3,(H,45,51)/t22-,23+,24-,25-,26-,30+,31+,33-,34+,35+,36?,38+,41-,42?/m1/s1. The van der Waals surface area contributed by atoms with Crippen LogP contribution in [0.25, 0.3) is 10.9 Å². The second-order valence-corrected chi connectivity index (χ2v) is 16.1. The summed E-state index contributed by atoms with van der Waals surface area (Å²) in [6.07, 6.45) is -5.89. The maximum absolute atomic E-state index is 17.9. The van der Waals surface area contributed by atoms with Gasteiger partial charge in [0.2, 0.25) is 0 Å². The molecule has 0 bridgehead atoms. The molecule has 14 heteroatoms. The number of para-hydroxylation sites is 1. The lowest BCUT2D eigenvalue weighted by Crippen LogP contribution is -2.60. The van der Waals surface area contributed by atoms with Gasteiger partial charge in [0.25, 0.3) is 5.67 Å². The Kier molecular flexibility index (Phi) is 13.3. The monoisotopic (exact) mass is 781 g/mol. The molecule has 2 aromatic rings. The number of likely N-dealkylation sites (N-methyl/N-ethyl adjacent to an activating group) is 1. The number of alkyl carbamates (subject to hydrolysis) is 1. The highest BCUT2D eigenvalue weighted by molar-refractivity contribution is 6.08. The van der Waals surface area contributed by atoms with Crippen LogP contribution in [0.1, 0.15) is 73.3 Å². The van der Waals surface area contributed by atoms with Crippen molar-refractivity contribution >= 4 is 34.5 Å². The molecule has 2 unspecified atom stereocenters. The summed E-state index contributed by atoms with van der Waals surface area (Å²) in [5.41, 5.74) is -3.80. The Bertz CT molecular complexity index is 1850. The molecule has 0 saturated carbocycles. The van der Waals surface area contributed by atoms with E-state index in [1.54, 1.807) is 33.8 Å². The molecule has 1 aromatic carbocycles. The second-order valence-electron chi connectivity index (χ2n) is 16.1. The molecule has 0 radical (unpaired) electrons. The third-order valence-corrected chi connectivity index (χ3v) is 12.0. The van der Waals surface area contributed by atoms with Crippen LogP contribution in [0, 0.1) is 35.5 Å². The van der Waals surface area contributed by atoms with Crippen molar-refractivity contribution in [3.05, 3.63) is 42.1 Å². The lowest BCUT2D eigenvalue weighted by molar-refractivity contribution is -0.282. The molecule has 56 heavy (non-hydrogen) atoms. The molecule has 3 fully saturated rings. The number of rotatable bonds is 6. The van der Waals surface area contributed by atoms with E-state index in [9.17, 15) is 24.3 Å². The number of nitrogens with one attached hydrogen (secondary N) is 1. The first-order chi connectivity index (χ1) is 26.4. The number of halogens is 1. The van der Waals surface area contributed by atoms with E-state index in [2.05, 4.69) is 22.1 Å². The number of carbonyl (C=O) groups excluding carboxylic acids is 4. The van der Waals surface area contributed by atoms with Crippen molar-refractivity contribution in [2.24, 2.45) is 23.7 Å². The van der Waals surface area contributed by atoms with Crippen LogP contribution >= 0.6 is 0 Å². The van der Waals surface area contributed by atoms with Crippen molar-refractivity contribution in [2.75, 3.05) is 21.2 Å². The number of carbonyl (C=O) groups is 4. The van der Waals surface area contributed by atoms with E-state index in [0.717, 1.165) is 10.9 Å². The molecular formula is C42H56FN3O10. The molecule has 4 heterocycles. The zero-order valence-corrected chi connectivity index (χ0v) is 33.9. The van der Waals surface area contributed by atoms with Crippen molar-refractivity contribution in [1.29, 1.82) is 0 Å². The van der Waals surface area contributed by atoms with Gasteiger partial charge in [-0.15, -0.1) is 0 Å². The van der Waals surface area contributed by atoms with Gasteiger partial charge in [-0.05, 0) is 52.9 Å². The Morgan fingerprint density at radius 1 is 1.05 bits per heavy atom. The number of aliphatic hydroxyl groups is 1. The van der Waals surface area contributed by atoms with Crippen LogP contribution in [0.3, 0.4) is 0 Å². The quantitative estimate of drug-likeness (QED) is 0.242. The number of aliphatic hydroxyl groups excluding tert-OH is 1. The molecule has 13 nitrogen and oxygen atoms in total. The molecule has 1 aromatic heterocycles. The van der Waals surface area contributed by atoms with E-state index >= 15 is 4.39 Å². The molecule has 14 atom stereocenters. The minimum atomic E-state index is -3.35. The first kappa shape index (κ1) is 43.1. The van der Waals surface area contributed by atoms with Crippen LogP contribution in [-0.2, 0) is 38.1 Å². The van der Waals surface area contributed by atoms with Crippen molar-refractivity contribution in [1.82, 2.24) is 15.2 Å². The third kappa shape index (κ3) is 8.34. The van der Waals surface area contributed by atoms with Crippen molar-refractivity contribution in [3.8, 4) is 11.8 Å². The number of hydrogen-bond acceptors (Lipinski definition) is 12. The van der Waals surface area contributed by atoms with Gasteiger partial charge in [0.05, 0.1) is 36.3 Å². The zero-order chi connectivity index (χ0) is 41.3. The predicted molar refractivity (Wildman–Crippen MR) is 204 cm³/mol. The van der Waals surface area contributed by atoms with Gasteiger partial charge in [-0.25, -0.2) is 14.0 Å². The summed E-state index contributed by atoms with van der Waals surface area (Å²) in [7, 11) is 5.06. The zero-order valence-electron chi connectivity index (χ0n) is 33.9. The molecular weight excluding hydrogens is 725 g/mol. The number of hydrogen-bond donors (Lipinski definition) is 2. The molecule has 306 valence electrons. The van der Waals surface area contributed by atoms with E-state index in [0.29, 0.717) is 12.0 Å². The summed E-state index contributed by atoms with van der Waals surface area (Å²) in [6, 6.07) is 7.79. The van der Waals surface area contributed by atoms with Gasteiger partial charge in [-0.3, -0.25) is 14.6 Å². The second kappa shape index (κ2) is 17.2. The number of ether oxygens (including phenoxy) is 5. The van der Waals surface area contributed by atoms with Crippen molar-refractivity contribution < 1.29 is 52.4 Å². The van der Waals surface area contributed by atoms with Crippen molar-refractivity contribution in [2.45, 2.75) is 128 Å². The summed E-state index contributed by atoms with van der Waals surface area (Å²) in [6.45, 7) is 11.5. The number of alkyl halides is 1. The van der Waals surface area contributed by atoms with E-state index < -0.39 is 96.0 Å². The third-order valence-electron chi connectivity index (χ3n) is 12.0. The Hall–Kier alpha value is -4.00. The van der Waals surface area contributed by atoms with Gasteiger partial charge in [-0.1, -0.05) is 64.7 Å². The average molecular weight is 782 g/mol. The highest BCUT2D eigenvalue weighted by Gasteiger charge is 2.60. The summed E-state index contributed by atoms with van der Waals surface area (Å²) in [4.78, 5) is 62.4. The van der Waals surface area contributed by atoms with Crippen LogP contribution in [0.4, 0.5) is 9.18 Å². The molecule has 3 aliphatic rings. The number of methoxy groups -OCH3 is 1. The highest BCUT2D eigenvalue weighted by atomic mass is 19.1. The van der Waals surface area contributed by atoms with Crippen LogP contribution in [0.15, 0.2) is 36.5 Å². The SMILES string of the molecule is CC[C@@H]1OC(=O)C(F)(CC#Cc2cnc3ccccc3c2)C(=O)[C@H](C)[C@@H](O[C@@H]2O[C@H](C)C[C@H](N(C)C)[C@H]2O)[C@H](C)[C@@H](OC)[C@@H](C)C(=O)[C@@H](C)C2NC(=O)O[C@@]21C. The van der Waals surface area contributed by atoms with E-state index in [1.807, 2.05) is 50.2 Å². The molecule has 0 aliphatic carbocycles. The van der Waals surface area contributed by atoms with E-state index in [1.165, 1.54) is 27.2 Å². The first-order valence-electron chi connectivity index (χ1n) is 19.4. The lowest BCUT2D eigenvalue weighted by Gasteiger charge is -2.45. The molecule has 0 spiro atoms. The summed E-state index contributed by atoms with van der Waals surface area (Å²) >= 11 is 0. The predicted octanol–water partition coefficient (Wildman–Crippen LogP) is 4.40. The number of aromatic nitrogens is 1. The van der Waals surface area contributed by atoms with Gasteiger partial charge in [0.15, 0.2) is 17.7 Å². The Balaban J connectivity index is 1.63. The average Bonchev–Trinajstić information content (AvgIpc) is 3.49. The van der Waals surface area contributed by atoms with Gasteiger partial charge < -0.3 is 39.0 Å². The maximum Gasteiger partial charge on any atom is 0.408 e. The number of pyridine rings is 1. The Labute approximate surface area is 328 Å². The Morgan fingerprint density at radius 3 is 2.41 bits per heavy atom. The molecule has 3 saturated heterocycles. The molecule has 2 N–H and O–H groups in total. The maximum atomic E-state index is 17.9. The fourth-order valence-corrected chi connectivity index (χ4v) is 8.76. The van der Waals surface area contributed by atoms with Gasteiger partial charge in [-0.2, -0.15) is 0 Å². The lowest BCUT2D eigenvalue weighted by atomic mass is 9.73. The number of fused-ring (bicyclic) bond motifs is 2. The Morgan fingerprint density at radius 2 is 1.75 bits per heavy atom. The van der Waals surface area contributed by atoms with Gasteiger partial charge in [0, 0.05) is 54.0 Å². The number of cyclic esters (lactones) is 1. The van der Waals surface area contributed by atoms with Crippen LogP contribution in [0.5, 0.6) is 0 Å². The molecule has 1 amide bonds. The molecule has 5 rings (SSSR count). The first-order valence-corrected chi connectivity index (χ1v) is 19.4. The fraction of sp³-hybridized carbons (Fsp3) is 0.643. The van der Waals surface area contributed by atoms with Gasteiger partial charge in [0.1, 0.15) is 18.0 Å². The van der Waals surface area contributed by atoms with Gasteiger partial charge >= 0.3 is 12.1 Å². The minimum absolute atomic E-state index is 0.0457.